The molecule has 8 nitrogen and oxygen atoms in total. The molecule has 2 aliphatic rings. The predicted octanol–water partition coefficient (Wildman–Crippen LogP) is 5.51. The standard InChI is InChI=1S/C30H29N3O5S2.ClH/c31-28(34)22-3-1-4-26(20-22)38-25-9-5-21(6-10-25)19-27-29(35)33(30(39)40-27)23-7-11-24(12-8-23)37-16-2-13-32-14-17-36-18-15-32;/h1,3-12,19-20H,2,13-18H2,(H2,31,34);1H. The van der Waals surface area contributed by atoms with Gasteiger partial charge in [0, 0.05) is 25.2 Å². The van der Waals surface area contributed by atoms with E-state index in [9.17, 15) is 9.59 Å². The topological polar surface area (TPSA) is 94.3 Å². The summed E-state index contributed by atoms with van der Waals surface area (Å²) in [5, 5.41) is 0. The monoisotopic (exact) mass is 611 g/mol. The molecule has 2 saturated heterocycles. The molecule has 5 rings (SSSR count). The van der Waals surface area contributed by atoms with Gasteiger partial charge in [0.05, 0.1) is 30.4 Å². The molecule has 0 aromatic heterocycles. The van der Waals surface area contributed by atoms with Crippen molar-refractivity contribution in [3.05, 3.63) is 88.8 Å². The first-order valence-electron chi connectivity index (χ1n) is 12.9. The number of rotatable bonds is 10. The number of carbonyl (C=O) groups excluding carboxylic acids is 2. The van der Waals surface area contributed by atoms with Gasteiger partial charge < -0.3 is 19.9 Å². The summed E-state index contributed by atoms with van der Waals surface area (Å²) in [6.45, 7) is 5.16. The van der Waals surface area contributed by atoms with E-state index in [0.717, 1.165) is 50.6 Å². The molecule has 0 spiro atoms. The molecule has 0 saturated carbocycles. The number of primary amides is 1. The summed E-state index contributed by atoms with van der Waals surface area (Å²) in [6.07, 6.45) is 2.75. The molecular weight excluding hydrogens is 582 g/mol. The number of nitrogens with two attached hydrogens (primary N) is 1. The van der Waals surface area contributed by atoms with Gasteiger partial charge in [-0.3, -0.25) is 19.4 Å². The number of ether oxygens (including phenoxy) is 3. The van der Waals surface area contributed by atoms with Crippen LogP contribution in [-0.4, -0.2) is 60.5 Å². The van der Waals surface area contributed by atoms with Crippen molar-refractivity contribution >= 4 is 64.3 Å². The molecule has 3 aromatic rings. The van der Waals surface area contributed by atoms with Gasteiger partial charge in [-0.1, -0.05) is 42.2 Å². The van der Waals surface area contributed by atoms with Gasteiger partial charge in [0.15, 0.2) is 4.32 Å². The Morgan fingerprint density at radius 1 is 1.00 bits per heavy atom. The average Bonchev–Trinajstić information content (AvgIpc) is 3.25. The van der Waals surface area contributed by atoms with Crippen LogP contribution in [0.1, 0.15) is 22.3 Å². The molecule has 214 valence electrons. The lowest BCUT2D eigenvalue weighted by Gasteiger charge is -2.26. The minimum atomic E-state index is -0.516. The van der Waals surface area contributed by atoms with Crippen LogP contribution in [0, 0.1) is 0 Å². The summed E-state index contributed by atoms with van der Waals surface area (Å²) in [4.78, 5) is 29.1. The molecule has 2 heterocycles. The third kappa shape index (κ3) is 8.08. The smallest absolute Gasteiger partial charge is 0.270 e. The van der Waals surface area contributed by atoms with Crippen LogP contribution in [0.2, 0.25) is 0 Å². The Morgan fingerprint density at radius 3 is 2.41 bits per heavy atom. The van der Waals surface area contributed by atoms with Crippen molar-refractivity contribution in [2.45, 2.75) is 6.42 Å². The highest BCUT2D eigenvalue weighted by atomic mass is 35.5. The summed E-state index contributed by atoms with van der Waals surface area (Å²) < 4.78 is 17.6. The number of anilines is 1. The van der Waals surface area contributed by atoms with Crippen molar-refractivity contribution in [1.29, 1.82) is 0 Å². The van der Waals surface area contributed by atoms with Gasteiger partial charge in [-0.05, 0) is 72.7 Å². The summed E-state index contributed by atoms with van der Waals surface area (Å²) in [6, 6.07) is 21.4. The maximum atomic E-state index is 13.2. The summed E-state index contributed by atoms with van der Waals surface area (Å²) in [5.74, 6) is 1.18. The van der Waals surface area contributed by atoms with Gasteiger partial charge >= 0.3 is 0 Å². The molecular formula is C30H30ClN3O5S2. The Hall–Kier alpha value is -3.41. The highest BCUT2D eigenvalue weighted by Gasteiger charge is 2.33. The molecule has 0 atom stereocenters. The number of hydrogen-bond acceptors (Lipinski definition) is 8. The van der Waals surface area contributed by atoms with E-state index in [-0.39, 0.29) is 18.3 Å². The van der Waals surface area contributed by atoms with Crippen LogP contribution in [0.25, 0.3) is 6.08 Å². The summed E-state index contributed by atoms with van der Waals surface area (Å²) in [7, 11) is 0. The van der Waals surface area contributed by atoms with Crippen molar-refractivity contribution in [2.24, 2.45) is 5.73 Å². The Bertz CT molecular complexity index is 1410. The number of benzene rings is 3. The summed E-state index contributed by atoms with van der Waals surface area (Å²) >= 11 is 6.79. The number of halogens is 1. The molecule has 2 aliphatic heterocycles. The van der Waals surface area contributed by atoms with Crippen LogP contribution >= 0.6 is 36.4 Å². The number of carbonyl (C=O) groups is 2. The maximum Gasteiger partial charge on any atom is 0.270 e. The van der Waals surface area contributed by atoms with Gasteiger partial charge in [0.2, 0.25) is 5.91 Å². The van der Waals surface area contributed by atoms with Crippen LogP contribution in [0.5, 0.6) is 17.2 Å². The predicted molar refractivity (Wildman–Crippen MR) is 168 cm³/mol. The molecule has 0 radical (unpaired) electrons. The van der Waals surface area contributed by atoms with Crippen molar-refractivity contribution < 1.29 is 23.8 Å². The van der Waals surface area contributed by atoms with Crippen molar-refractivity contribution in [3.63, 3.8) is 0 Å². The second-order valence-corrected chi connectivity index (χ2v) is 10.9. The third-order valence-corrected chi connectivity index (χ3v) is 7.71. The second kappa shape index (κ2) is 14.5. The van der Waals surface area contributed by atoms with Crippen molar-refractivity contribution in [2.75, 3.05) is 44.4 Å². The lowest BCUT2D eigenvalue weighted by Crippen LogP contribution is -2.37. The number of morpholine rings is 1. The first-order valence-corrected chi connectivity index (χ1v) is 14.2. The van der Waals surface area contributed by atoms with Crippen LogP contribution in [0.3, 0.4) is 0 Å². The zero-order chi connectivity index (χ0) is 27.9. The molecule has 2 fully saturated rings. The van der Waals surface area contributed by atoms with Gasteiger partial charge in [-0.25, -0.2) is 0 Å². The number of hydrogen-bond donors (Lipinski definition) is 1. The van der Waals surface area contributed by atoms with E-state index in [1.165, 1.54) is 16.7 Å². The van der Waals surface area contributed by atoms with Gasteiger partial charge in [0.1, 0.15) is 17.2 Å². The fourth-order valence-corrected chi connectivity index (χ4v) is 5.62. The quantitative estimate of drug-likeness (QED) is 0.182. The Balaban J connectivity index is 0.00000387. The van der Waals surface area contributed by atoms with Crippen molar-refractivity contribution in [1.82, 2.24) is 4.90 Å². The fraction of sp³-hybridized carbons (Fsp3) is 0.233. The minimum absolute atomic E-state index is 0. The van der Waals surface area contributed by atoms with E-state index in [4.69, 9.17) is 32.2 Å². The molecule has 0 aliphatic carbocycles. The van der Waals surface area contributed by atoms with Crippen LogP contribution in [0.4, 0.5) is 5.69 Å². The zero-order valence-corrected chi connectivity index (χ0v) is 24.6. The minimum Gasteiger partial charge on any atom is -0.494 e. The number of thioether (sulfide) groups is 1. The number of amides is 2. The van der Waals surface area contributed by atoms with Crippen LogP contribution in [-0.2, 0) is 9.53 Å². The van der Waals surface area contributed by atoms with E-state index >= 15 is 0 Å². The van der Waals surface area contributed by atoms with Gasteiger partial charge in [-0.15, -0.1) is 12.4 Å². The number of nitrogens with zero attached hydrogens (tertiary/aromatic N) is 2. The van der Waals surface area contributed by atoms with E-state index in [1.54, 1.807) is 36.4 Å². The zero-order valence-electron chi connectivity index (χ0n) is 22.2. The highest BCUT2D eigenvalue weighted by Crippen LogP contribution is 2.36. The Kier molecular flexibility index (Phi) is 10.8. The van der Waals surface area contributed by atoms with E-state index in [1.807, 2.05) is 42.5 Å². The van der Waals surface area contributed by atoms with Crippen molar-refractivity contribution in [3.8, 4) is 17.2 Å². The molecule has 3 aromatic carbocycles. The van der Waals surface area contributed by atoms with Gasteiger partial charge in [-0.2, -0.15) is 0 Å². The Labute approximate surface area is 254 Å². The molecule has 11 heteroatoms. The number of thiocarbonyl (C=S) groups is 1. The van der Waals surface area contributed by atoms with Crippen LogP contribution < -0.4 is 20.1 Å². The molecule has 0 unspecified atom stereocenters. The van der Waals surface area contributed by atoms with Crippen LogP contribution in [0.15, 0.2) is 77.7 Å². The molecule has 2 N–H and O–H groups in total. The average molecular weight is 612 g/mol. The third-order valence-electron chi connectivity index (χ3n) is 6.41. The SMILES string of the molecule is Cl.NC(=O)c1cccc(Oc2ccc(C=C3SC(=S)N(c4ccc(OCCCN5CCOCC5)cc4)C3=O)cc2)c1. The molecule has 0 bridgehead atoms. The molecule has 41 heavy (non-hydrogen) atoms. The lowest BCUT2D eigenvalue weighted by atomic mass is 10.2. The largest absolute Gasteiger partial charge is 0.494 e. The van der Waals surface area contributed by atoms with E-state index < -0.39 is 5.91 Å². The Morgan fingerprint density at radius 2 is 1.71 bits per heavy atom. The lowest BCUT2D eigenvalue weighted by molar-refractivity contribution is -0.113. The maximum absolute atomic E-state index is 13.2. The normalized spacial score (nSPS) is 16.5. The van der Waals surface area contributed by atoms with E-state index in [2.05, 4.69) is 4.90 Å². The first kappa shape index (κ1) is 30.5. The summed E-state index contributed by atoms with van der Waals surface area (Å²) in [5.41, 5.74) is 7.25. The van der Waals surface area contributed by atoms with E-state index in [0.29, 0.717) is 38.6 Å². The fourth-order valence-electron chi connectivity index (χ4n) is 4.32. The second-order valence-electron chi connectivity index (χ2n) is 9.23. The van der Waals surface area contributed by atoms with Gasteiger partial charge in [0.25, 0.3) is 5.91 Å². The first-order chi connectivity index (χ1) is 19.5. The molecule has 2 amide bonds. The highest BCUT2D eigenvalue weighted by molar-refractivity contribution is 8.27.